The van der Waals surface area contributed by atoms with Gasteiger partial charge in [0.2, 0.25) is 0 Å². The Morgan fingerprint density at radius 1 is 1.32 bits per heavy atom. The molecule has 0 aromatic carbocycles. The summed E-state index contributed by atoms with van der Waals surface area (Å²) in [4.78, 5) is 0. The zero-order chi connectivity index (χ0) is 13.5. The Bertz CT molecular complexity index is 538. The van der Waals surface area contributed by atoms with Gasteiger partial charge in [-0.3, -0.25) is 0 Å². The molecule has 1 aromatic rings. The van der Waals surface area contributed by atoms with Crippen molar-refractivity contribution in [3.05, 3.63) is 17.0 Å². The predicted octanol–water partition coefficient (Wildman–Crippen LogP) is 2.84. The minimum Gasteiger partial charge on any atom is -0.307 e. The zero-order valence-electron chi connectivity index (χ0n) is 11.0. The normalized spacial score (nSPS) is 31.0. The zero-order valence-corrected chi connectivity index (χ0v) is 13.4. The van der Waals surface area contributed by atoms with E-state index in [2.05, 4.69) is 23.7 Å². The molecule has 0 spiro atoms. The summed E-state index contributed by atoms with van der Waals surface area (Å²) < 4.78 is 24.4. The second-order valence-corrected chi connectivity index (χ2v) is 10.4. The predicted molar refractivity (Wildman–Crippen MR) is 81.8 cm³/mol. The summed E-state index contributed by atoms with van der Waals surface area (Å²) in [6.45, 7) is 2.27. The first-order valence-electron chi connectivity index (χ1n) is 6.74. The van der Waals surface area contributed by atoms with E-state index >= 15 is 0 Å². The van der Waals surface area contributed by atoms with Gasteiger partial charge in [-0.15, -0.1) is 23.1 Å². The van der Waals surface area contributed by atoms with E-state index in [1.54, 1.807) is 0 Å². The fraction of sp³-hybridized carbons (Fsp3) is 0.692. The Labute approximate surface area is 123 Å². The molecular formula is C13H19NO2S3. The summed E-state index contributed by atoms with van der Waals surface area (Å²) in [5.74, 6) is 0.691. The van der Waals surface area contributed by atoms with E-state index in [0.717, 1.165) is 19.3 Å². The Morgan fingerprint density at radius 3 is 2.79 bits per heavy atom. The third kappa shape index (κ3) is 3.17. The molecule has 0 bridgehead atoms. The van der Waals surface area contributed by atoms with Crippen LogP contribution in [0.2, 0.25) is 0 Å². The molecular weight excluding hydrogens is 298 g/mol. The largest absolute Gasteiger partial charge is 0.307 e. The van der Waals surface area contributed by atoms with Crippen LogP contribution in [0, 0.1) is 0 Å². The number of nitrogens with one attached hydrogen (secondary N) is 1. The number of fused-ring (bicyclic) bond motifs is 1. The lowest BCUT2D eigenvalue weighted by Gasteiger charge is -2.32. The van der Waals surface area contributed by atoms with Crippen LogP contribution < -0.4 is 5.32 Å². The SMILES string of the molecule is C[C@H]1CC(NC2CCS(=O)(=O)CC2)c2ccsc2S1. The molecule has 3 nitrogen and oxygen atoms in total. The highest BCUT2D eigenvalue weighted by atomic mass is 32.2. The van der Waals surface area contributed by atoms with Gasteiger partial charge in [0.1, 0.15) is 9.84 Å². The number of sulfone groups is 1. The van der Waals surface area contributed by atoms with Gasteiger partial charge >= 0.3 is 0 Å². The highest BCUT2D eigenvalue weighted by Crippen LogP contribution is 2.44. The maximum atomic E-state index is 11.5. The molecule has 0 aliphatic carbocycles. The second-order valence-electron chi connectivity index (χ2n) is 5.47. The molecule has 1 saturated heterocycles. The van der Waals surface area contributed by atoms with Crippen LogP contribution in [0.1, 0.15) is 37.8 Å². The van der Waals surface area contributed by atoms with Gasteiger partial charge in [0.15, 0.2) is 0 Å². The summed E-state index contributed by atoms with van der Waals surface area (Å²) in [7, 11) is -2.76. The van der Waals surface area contributed by atoms with Crippen LogP contribution >= 0.6 is 23.1 Å². The van der Waals surface area contributed by atoms with E-state index in [9.17, 15) is 8.42 Å². The molecule has 0 radical (unpaired) electrons. The molecule has 1 unspecified atom stereocenters. The summed E-state index contributed by atoms with van der Waals surface area (Å²) in [5.41, 5.74) is 1.42. The Balaban J connectivity index is 1.68. The molecule has 2 atom stereocenters. The topological polar surface area (TPSA) is 46.2 Å². The summed E-state index contributed by atoms with van der Waals surface area (Å²) in [6, 6.07) is 2.98. The molecule has 2 aliphatic rings. The molecule has 1 N–H and O–H groups in total. The minimum absolute atomic E-state index is 0.345. The third-order valence-electron chi connectivity index (χ3n) is 3.90. The molecule has 0 amide bonds. The van der Waals surface area contributed by atoms with Crippen molar-refractivity contribution in [2.75, 3.05) is 11.5 Å². The smallest absolute Gasteiger partial charge is 0.150 e. The van der Waals surface area contributed by atoms with Crippen LogP contribution in [0.15, 0.2) is 15.7 Å². The lowest BCUT2D eigenvalue weighted by molar-refractivity contribution is 0.385. The highest BCUT2D eigenvalue weighted by Gasteiger charge is 2.30. The first kappa shape index (κ1) is 13.9. The summed E-state index contributed by atoms with van der Waals surface area (Å²) >= 11 is 3.79. The maximum Gasteiger partial charge on any atom is 0.150 e. The molecule has 1 aromatic heterocycles. The monoisotopic (exact) mass is 317 g/mol. The third-order valence-corrected chi connectivity index (χ3v) is 7.96. The highest BCUT2D eigenvalue weighted by molar-refractivity contribution is 8.01. The molecule has 1 fully saturated rings. The standard InChI is InChI=1S/C13H19NO2S3/c1-9-8-12(11-2-5-17-13(11)18-9)14-10-3-6-19(15,16)7-4-10/h2,5,9-10,12,14H,3-4,6-8H2,1H3/t9-,12?/m0/s1. The summed E-state index contributed by atoms with van der Waals surface area (Å²) in [6.07, 6.45) is 2.66. The van der Waals surface area contributed by atoms with Crippen LogP contribution in [0.4, 0.5) is 0 Å². The van der Waals surface area contributed by atoms with Crippen molar-refractivity contribution >= 4 is 32.9 Å². The van der Waals surface area contributed by atoms with Gasteiger partial charge in [0.25, 0.3) is 0 Å². The van der Waals surface area contributed by atoms with E-state index in [0.29, 0.717) is 28.8 Å². The second kappa shape index (κ2) is 5.39. The quantitative estimate of drug-likeness (QED) is 0.911. The van der Waals surface area contributed by atoms with E-state index in [4.69, 9.17) is 0 Å². The Kier molecular flexibility index (Phi) is 3.95. The number of thioether (sulfide) groups is 1. The first-order valence-corrected chi connectivity index (χ1v) is 10.3. The lowest BCUT2D eigenvalue weighted by atomic mass is 10.0. The van der Waals surface area contributed by atoms with Crippen molar-refractivity contribution in [1.29, 1.82) is 0 Å². The van der Waals surface area contributed by atoms with E-state index < -0.39 is 9.84 Å². The number of hydrogen-bond acceptors (Lipinski definition) is 5. The number of rotatable bonds is 2. The van der Waals surface area contributed by atoms with Crippen LogP contribution in [-0.4, -0.2) is 31.2 Å². The van der Waals surface area contributed by atoms with Crippen molar-refractivity contribution in [2.24, 2.45) is 0 Å². The van der Waals surface area contributed by atoms with Crippen LogP contribution in [-0.2, 0) is 9.84 Å². The average molecular weight is 318 g/mol. The minimum atomic E-state index is -2.76. The number of thiophene rings is 1. The molecule has 106 valence electrons. The van der Waals surface area contributed by atoms with Gasteiger partial charge in [-0.1, -0.05) is 6.92 Å². The first-order chi connectivity index (χ1) is 9.03. The van der Waals surface area contributed by atoms with Crippen molar-refractivity contribution in [3.63, 3.8) is 0 Å². The van der Waals surface area contributed by atoms with Crippen LogP contribution in [0.25, 0.3) is 0 Å². The van der Waals surface area contributed by atoms with E-state index in [-0.39, 0.29) is 0 Å². The average Bonchev–Trinajstić information content (AvgIpc) is 2.80. The van der Waals surface area contributed by atoms with Crippen molar-refractivity contribution in [3.8, 4) is 0 Å². The van der Waals surface area contributed by atoms with Gasteiger partial charge in [-0.05, 0) is 36.3 Å². The summed E-state index contributed by atoms with van der Waals surface area (Å²) in [5, 5.41) is 6.49. The van der Waals surface area contributed by atoms with Crippen molar-refractivity contribution < 1.29 is 8.42 Å². The van der Waals surface area contributed by atoms with Gasteiger partial charge in [0.05, 0.1) is 15.7 Å². The van der Waals surface area contributed by atoms with Gasteiger partial charge in [-0.2, -0.15) is 0 Å². The van der Waals surface area contributed by atoms with E-state index in [1.807, 2.05) is 23.1 Å². The maximum absolute atomic E-state index is 11.5. The molecule has 3 rings (SSSR count). The Hall–Kier alpha value is -0.0400. The van der Waals surface area contributed by atoms with Gasteiger partial charge in [-0.25, -0.2) is 8.42 Å². The fourth-order valence-corrected chi connectivity index (χ4v) is 6.91. The Morgan fingerprint density at radius 2 is 2.05 bits per heavy atom. The van der Waals surface area contributed by atoms with Crippen molar-refractivity contribution in [1.82, 2.24) is 5.32 Å². The van der Waals surface area contributed by atoms with Crippen LogP contribution in [0.5, 0.6) is 0 Å². The van der Waals surface area contributed by atoms with Crippen LogP contribution in [0.3, 0.4) is 0 Å². The molecule has 3 heterocycles. The van der Waals surface area contributed by atoms with Gasteiger partial charge in [0, 0.05) is 17.3 Å². The molecule has 6 heteroatoms. The number of hydrogen-bond donors (Lipinski definition) is 1. The van der Waals surface area contributed by atoms with E-state index in [1.165, 1.54) is 9.77 Å². The fourth-order valence-electron chi connectivity index (χ4n) is 2.85. The lowest BCUT2D eigenvalue weighted by Crippen LogP contribution is -2.40. The molecule has 19 heavy (non-hydrogen) atoms. The van der Waals surface area contributed by atoms with Crippen molar-refractivity contribution in [2.45, 2.75) is 47.7 Å². The molecule has 0 saturated carbocycles. The molecule has 2 aliphatic heterocycles. The van der Waals surface area contributed by atoms with Gasteiger partial charge < -0.3 is 5.32 Å².